The molecule has 3 rings (SSSR count). The van der Waals surface area contributed by atoms with Crippen LogP contribution in [0.4, 0.5) is 0 Å². The first-order chi connectivity index (χ1) is 15.1. The molecule has 0 fully saturated rings. The van der Waals surface area contributed by atoms with Crippen LogP contribution in [0, 0.1) is 5.41 Å². The third kappa shape index (κ3) is 5.25. The largest absolute Gasteiger partial charge is 0.493 e. The van der Waals surface area contributed by atoms with E-state index < -0.39 is 29.3 Å². The topological polar surface area (TPSA) is 104 Å². The molecule has 0 bridgehead atoms. The highest BCUT2D eigenvalue weighted by molar-refractivity contribution is 5.98. The zero-order chi connectivity index (χ0) is 23.5. The number of carbonyl (C=O) groups is 3. The molecule has 0 unspecified atom stereocenters. The van der Waals surface area contributed by atoms with Crippen molar-refractivity contribution in [2.45, 2.75) is 52.7 Å². The van der Waals surface area contributed by atoms with Gasteiger partial charge in [0.25, 0.3) is 5.91 Å². The summed E-state index contributed by atoms with van der Waals surface area (Å²) in [4.78, 5) is 41.9. The van der Waals surface area contributed by atoms with Gasteiger partial charge in [0.05, 0.1) is 12.5 Å². The standard InChI is InChI=1S/C24H28N2O6/c1-14(22(28)31-17-12-15-8-6-7-9-16(15)13-17)26-21(27)19-20(18(30-5)10-11-25-19)32-23(29)24(2,3)4/h6-11,14,17H,12-13H2,1-5H3,(H,26,27)/t14-/m0/s1. The Morgan fingerprint density at radius 2 is 1.72 bits per heavy atom. The Bertz CT molecular complexity index is 1000. The Kier molecular flexibility index (Phi) is 6.81. The minimum atomic E-state index is -0.926. The van der Waals surface area contributed by atoms with Crippen molar-refractivity contribution in [1.29, 1.82) is 0 Å². The summed E-state index contributed by atoms with van der Waals surface area (Å²) in [6, 6.07) is 8.50. The van der Waals surface area contributed by atoms with E-state index in [0.29, 0.717) is 12.8 Å². The molecule has 1 amide bonds. The molecule has 170 valence electrons. The smallest absolute Gasteiger partial charge is 0.328 e. The third-order valence-electron chi connectivity index (χ3n) is 5.11. The molecular weight excluding hydrogens is 412 g/mol. The van der Waals surface area contributed by atoms with Crippen LogP contribution in [0.3, 0.4) is 0 Å². The summed E-state index contributed by atoms with van der Waals surface area (Å²) in [7, 11) is 1.39. The highest BCUT2D eigenvalue weighted by Crippen LogP contribution is 2.32. The number of ether oxygens (including phenoxy) is 3. The summed E-state index contributed by atoms with van der Waals surface area (Å²) < 4.78 is 16.3. The number of hydrogen-bond acceptors (Lipinski definition) is 7. The molecule has 1 aliphatic rings. The van der Waals surface area contributed by atoms with Crippen LogP contribution in [0.5, 0.6) is 11.5 Å². The highest BCUT2D eigenvalue weighted by Gasteiger charge is 2.31. The van der Waals surface area contributed by atoms with Gasteiger partial charge in [-0.2, -0.15) is 0 Å². The fraction of sp³-hybridized carbons (Fsp3) is 0.417. The van der Waals surface area contributed by atoms with Crippen LogP contribution in [0.15, 0.2) is 36.5 Å². The van der Waals surface area contributed by atoms with Crippen molar-refractivity contribution in [3.63, 3.8) is 0 Å². The van der Waals surface area contributed by atoms with E-state index in [2.05, 4.69) is 10.3 Å². The normalized spacial score (nSPS) is 14.3. The van der Waals surface area contributed by atoms with E-state index in [9.17, 15) is 14.4 Å². The first kappa shape index (κ1) is 23.2. The van der Waals surface area contributed by atoms with E-state index in [1.807, 2.05) is 24.3 Å². The molecule has 8 heteroatoms. The molecule has 0 spiro atoms. The molecule has 1 atom stereocenters. The van der Waals surface area contributed by atoms with Gasteiger partial charge >= 0.3 is 11.9 Å². The minimum absolute atomic E-state index is 0.0979. The number of nitrogens with one attached hydrogen (secondary N) is 1. The number of esters is 2. The number of nitrogens with zero attached hydrogens (tertiary/aromatic N) is 1. The molecule has 0 aliphatic heterocycles. The molecule has 1 aromatic heterocycles. The molecule has 0 saturated carbocycles. The van der Waals surface area contributed by atoms with Gasteiger partial charge in [-0.15, -0.1) is 0 Å². The van der Waals surface area contributed by atoms with Gasteiger partial charge in [-0.3, -0.25) is 9.59 Å². The molecule has 0 saturated heterocycles. The number of methoxy groups -OCH3 is 1. The lowest BCUT2D eigenvalue weighted by Gasteiger charge is -2.20. The van der Waals surface area contributed by atoms with Crippen LogP contribution in [-0.2, 0) is 27.2 Å². The van der Waals surface area contributed by atoms with Crippen molar-refractivity contribution in [2.24, 2.45) is 5.41 Å². The molecule has 1 N–H and O–H groups in total. The number of aromatic nitrogens is 1. The predicted octanol–water partition coefficient (Wildman–Crippen LogP) is 2.87. The van der Waals surface area contributed by atoms with Gasteiger partial charge < -0.3 is 19.5 Å². The van der Waals surface area contributed by atoms with Crippen molar-refractivity contribution >= 4 is 17.8 Å². The van der Waals surface area contributed by atoms with Crippen molar-refractivity contribution in [1.82, 2.24) is 10.3 Å². The maximum Gasteiger partial charge on any atom is 0.328 e. The summed E-state index contributed by atoms with van der Waals surface area (Å²) in [5.74, 6) is -1.70. The summed E-state index contributed by atoms with van der Waals surface area (Å²) in [6.07, 6.45) is 2.39. The van der Waals surface area contributed by atoms with E-state index in [1.54, 1.807) is 20.8 Å². The number of benzene rings is 1. The average molecular weight is 440 g/mol. The van der Waals surface area contributed by atoms with E-state index in [0.717, 1.165) is 11.1 Å². The fourth-order valence-corrected chi connectivity index (χ4v) is 3.29. The summed E-state index contributed by atoms with van der Waals surface area (Å²) in [5, 5.41) is 2.57. The number of fused-ring (bicyclic) bond motifs is 1. The van der Waals surface area contributed by atoms with Gasteiger partial charge in [-0.1, -0.05) is 24.3 Å². The maximum absolute atomic E-state index is 12.9. The molecule has 32 heavy (non-hydrogen) atoms. The molecular formula is C24H28N2O6. The molecule has 1 aliphatic carbocycles. The number of rotatable bonds is 6. The first-order valence-electron chi connectivity index (χ1n) is 10.4. The van der Waals surface area contributed by atoms with Crippen molar-refractivity contribution in [2.75, 3.05) is 7.11 Å². The SMILES string of the molecule is COc1ccnc(C(=O)N[C@@H](C)C(=O)OC2Cc3ccccc3C2)c1OC(=O)C(C)(C)C. The Morgan fingerprint density at radius 1 is 1.09 bits per heavy atom. The third-order valence-corrected chi connectivity index (χ3v) is 5.11. The van der Waals surface area contributed by atoms with Gasteiger partial charge in [0.1, 0.15) is 12.1 Å². The van der Waals surface area contributed by atoms with Gasteiger partial charge in [-0.25, -0.2) is 9.78 Å². The number of carbonyl (C=O) groups excluding carboxylic acids is 3. The molecule has 8 nitrogen and oxygen atoms in total. The number of pyridine rings is 1. The Balaban J connectivity index is 1.68. The summed E-state index contributed by atoms with van der Waals surface area (Å²) in [5.41, 5.74) is 1.36. The lowest BCUT2D eigenvalue weighted by Crippen LogP contribution is -2.41. The van der Waals surface area contributed by atoms with Crippen molar-refractivity contribution in [3.8, 4) is 11.5 Å². The van der Waals surface area contributed by atoms with Crippen molar-refractivity contribution in [3.05, 3.63) is 53.3 Å². The van der Waals surface area contributed by atoms with Crippen LogP contribution in [0.1, 0.15) is 49.3 Å². The zero-order valence-corrected chi connectivity index (χ0v) is 18.9. The van der Waals surface area contributed by atoms with Crippen LogP contribution in [-0.4, -0.2) is 42.1 Å². The number of amides is 1. The second-order valence-corrected chi connectivity index (χ2v) is 8.76. The lowest BCUT2D eigenvalue weighted by molar-refractivity contribution is -0.150. The van der Waals surface area contributed by atoms with E-state index in [-0.39, 0.29) is 23.3 Å². The Hall–Kier alpha value is -3.42. The van der Waals surface area contributed by atoms with Crippen LogP contribution >= 0.6 is 0 Å². The number of hydrogen-bond donors (Lipinski definition) is 1. The van der Waals surface area contributed by atoms with Crippen molar-refractivity contribution < 1.29 is 28.6 Å². The minimum Gasteiger partial charge on any atom is -0.493 e. The van der Waals surface area contributed by atoms with Gasteiger partial charge in [0, 0.05) is 25.1 Å². The predicted molar refractivity (Wildman–Crippen MR) is 117 cm³/mol. The van der Waals surface area contributed by atoms with Gasteiger partial charge in [-0.05, 0) is 38.8 Å². The second-order valence-electron chi connectivity index (χ2n) is 8.76. The van der Waals surface area contributed by atoms with Crippen LogP contribution < -0.4 is 14.8 Å². The maximum atomic E-state index is 12.9. The summed E-state index contributed by atoms with van der Waals surface area (Å²) >= 11 is 0. The fourth-order valence-electron chi connectivity index (χ4n) is 3.29. The van der Waals surface area contributed by atoms with E-state index in [1.165, 1.54) is 26.3 Å². The van der Waals surface area contributed by atoms with Gasteiger partial charge in [0.15, 0.2) is 11.4 Å². The van der Waals surface area contributed by atoms with E-state index in [4.69, 9.17) is 14.2 Å². The monoisotopic (exact) mass is 440 g/mol. The Morgan fingerprint density at radius 3 is 2.28 bits per heavy atom. The highest BCUT2D eigenvalue weighted by atomic mass is 16.6. The van der Waals surface area contributed by atoms with Gasteiger partial charge in [0.2, 0.25) is 5.75 Å². The lowest BCUT2D eigenvalue weighted by atomic mass is 9.97. The Labute approximate surface area is 187 Å². The molecule has 1 heterocycles. The zero-order valence-electron chi connectivity index (χ0n) is 18.9. The van der Waals surface area contributed by atoms with E-state index >= 15 is 0 Å². The summed E-state index contributed by atoms with van der Waals surface area (Å²) in [6.45, 7) is 6.61. The van der Waals surface area contributed by atoms with Crippen LogP contribution in [0.25, 0.3) is 0 Å². The average Bonchev–Trinajstić information content (AvgIpc) is 3.15. The molecule has 0 radical (unpaired) electrons. The molecule has 1 aromatic carbocycles. The first-order valence-corrected chi connectivity index (χ1v) is 10.4. The van der Waals surface area contributed by atoms with Crippen LogP contribution in [0.2, 0.25) is 0 Å². The quantitative estimate of drug-likeness (QED) is 0.689. The second kappa shape index (κ2) is 9.38. The molecule has 2 aromatic rings.